The predicted octanol–water partition coefficient (Wildman–Crippen LogP) is 2.27. The third kappa shape index (κ3) is 1.01. The van der Waals surface area contributed by atoms with Gasteiger partial charge in [-0.2, -0.15) is 0 Å². The van der Waals surface area contributed by atoms with Crippen molar-refractivity contribution < 1.29 is 0 Å². The quantitative estimate of drug-likeness (QED) is 0.558. The minimum absolute atomic E-state index is 0.630. The Kier molecular flexibility index (Phi) is 1.39. The van der Waals surface area contributed by atoms with E-state index < -0.39 is 0 Å². The number of nitrogens with zero attached hydrogens (tertiary/aromatic N) is 1. The highest BCUT2D eigenvalue weighted by Crippen LogP contribution is 2.55. The molecule has 11 heavy (non-hydrogen) atoms. The number of hydrogen-bond acceptors (Lipinski definition) is 1. The summed E-state index contributed by atoms with van der Waals surface area (Å²) in [5.74, 6) is 0. The first-order chi connectivity index (χ1) is 5.10. The van der Waals surface area contributed by atoms with Gasteiger partial charge in [-0.05, 0) is 38.1 Å². The van der Waals surface area contributed by atoms with Crippen LogP contribution in [0.3, 0.4) is 0 Å². The highest BCUT2D eigenvalue weighted by Gasteiger charge is 2.55. The Labute approximate surface area is 69.8 Å². The molecule has 1 heteroatoms. The summed E-state index contributed by atoms with van der Waals surface area (Å²) in [6, 6.07) is 0. The molecule has 0 N–H and O–H groups in total. The fraction of sp³-hybridized carbons (Fsp3) is 1.00. The Morgan fingerprint density at radius 2 is 2.00 bits per heavy atom. The van der Waals surface area contributed by atoms with Crippen molar-refractivity contribution in [3.05, 3.63) is 0 Å². The summed E-state index contributed by atoms with van der Waals surface area (Å²) in [5.41, 5.74) is 1.30. The molecule has 0 bridgehead atoms. The van der Waals surface area contributed by atoms with Crippen LogP contribution in [0.4, 0.5) is 0 Å². The Bertz CT molecular complexity index is 172. The molecule has 1 aliphatic heterocycles. The zero-order chi connectivity index (χ0) is 8.11. The molecule has 1 spiro atoms. The predicted molar refractivity (Wildman–Crippen MR) is 47.6 cm³/mol. The lowest BCUT2D eigenvalue weighted by atomic mass is 9.84. The van der Waals surface area contributed by atoms with Crippen molar-refractivity contribution in [1.29, 1.82) is 0 Å². The number of likely N-dealkylation sites (tertiary alicyclic amines) is 1. The van der Waals surface area contributed by atoms with E-state index in [4.69, 9.17) is 0 Å². The van der Waals surface area contributed by atoms with Gasteiger partial charge in [-0.3, -0.25) is 0 Å². The van der Waals surface area contributed by atoms with Gasteiger partial charge in [-0.15, -0.1) is 0 Å². The molecule has 0 amide bonds. The molecule has 1 unspecified atom stereocenters. The van der Waals surface area contributed by atoms with Crippen LogP contribution in [-0.4, -0.2) is 24.0 Å². The molecule has 64 valence electrons. The van der Waals surface area contributed by atoms with Crippen molar-refractivity contribution in [3.8, 4) is 0 Å². The van der Waals surface area contributed by atoms with Crippen LogP contribution >= 0.6 is 0 Å². The monoisotopic (exact) mass is 153 g/mol. The summed E-state index contributed by atoms with van der Waals surface area (Å²) in [5, 5.41) is 0. The van der Waals surface area contributed by atoms with Crippen LogP contribution in [0, 0.1) is 5.41 Å². The van der Waals surface area contributed by atoms with Crippen molar-refractivity contribution in [2.45, 2.75) is 45.1 Å². The van der Waals surface area contributed by atoms with Gasteiger partial charge in [0.1, 0.15) is 0 Å². The number of rotatable bonds is 1. The van der Waals surface area contributed by atoms with E-state index >= 15 is 0 Å². The smallest absolute Gasteiger partial charge is 0.0213 e. The van der Waals surface area contributed by atoms with Crippen LogP contribution in [0.1, 0.15) is 39.5 Å². The zero-order valence-electron chi connectivity index (χ0n) is 7.98. The van der Waals surface area contributed by atoms with E-state index in [1.807, 2.05) is 0 Å². The molecule has 2 aliphatic rings. The van der Waals surface area contributed by atoms with Gasteiger partial charge in [0.05, 0.1) is 0 Å². The topological polar surface area (TPSA) is 3.24 Å². The fourth-order valence-corrected chi connectivity index (χ4v) is 2.67. The molecular weight excluding hydrogens is 134 g/mol. The maximum absolute atomic E-state index is 2.59. The van der Waals surface area contributed by atoms with E-state index in [0.29, 0.717) is 11.0 Å². The molecule has 0 radical (unpaired) electrons. The maximum Gasteiger partial charge on any atom is 0.0213 e. The van der Waals surface area contributed by atoms with Gasteiger partial charge < -0.3 is 4.90 Å². The first-order valence-corrected chi connectivity index (χ1v) is 4.82. The van der Waals surface area contributed by atoms with Gasteiger partial charge >= 0.3 is 0 Å². The average molecular weight is 153 g/mol. The lowest BCUT2D eigenvalue weighted by Gasteiger charge is -2.20. The zero-order valence-corrected chi connectivity index (χ0v) is 7.98. The molecule has 1 saturated heterocycles. The van der Waals surface area contributed by atoms with Gasteiger partial charge in [-0.25, -0.2) is 0 Å². The van der Waals surface area contributed by atoms with Gasteiger partial charge in [0.2, 0.25) is 0 Å². The molecule has 1 atom stereocenters. The van der Waals surface area contributed by atoms with Crippen LogP contribution in [0.2, 0.25) is 0 Å². The molecule has 1 aliphatic carbocycles. The second kappa shape index (κ2) is 2.01. The van der Waals surface area contributed by atoms with E-state index in [2.05, 4.69) is 25.8 Å². The lowest BCUT2D eigenvalue weighted by Crippen LogP contribution is -2.26. The van der Waals surface area contributed by atoms with Crippen molar-refractivity contribution in [3.63, 3.8) is 0 Å². The van der Waals surface area contributed by atoms with E-state index in [0.717, 1.165) is 0 Å². The molecule has 0 aromatic carbocycles. The molecule has 2 fully saturated rings. The van der Waals surface area contributed by atoms with Crippen LogP contribution < -0.4 is 0 Å². The number of hydrogen-bond donors (Lipinski definition) is 0. The van der Waals surface area contributed by atoms with Crippen LogP contribution in [-0.2, 0) is 0 Å². The second-order valence-corrected chi connectivity index (χ2v) is 4.92. The Morgan fingerprint density at radius 1 is 1.36 bits per heavy atom. The molecule has 1 saturated carbocycles. The molecular formula is C10H19N. The van der Waals surface area contributed by atoms with E-state index in [-0.39, 0.29) is 0 Å². The normalized spacial score (nSPS) is 41.7. The highest BCUT2D eigenvalue weighted by molar-refractivity contribution is 5.11. The van der Waals surface area contributed by atoms with Gasteiger partial charge in [0.25, 0.3) is 0 Å². The van der Waals surface area contributed by atoms with Gasteiger partial charge in [0, 0.05) is 12.1 Å². The van der Waals surface area contributed by atoms with Crippen LogP contribution in [0.15, 0.2) is 0 Å². The summed E-state index contributed by atoms with van der Waals surface area (Å²) in [6.45, 7) is 6.09. The maximum atomic E-state index is 2.59. The Hall–Kier alpha value is -0.0400. The second-order valence-electron chi connectivity index (χ2n) is 4.92. The van der Waals surface area contributed by atoms with E-state index in [1.54, 1.807) is 0 Å². The highest BCUT2D eigenvalue weighted by atomic mass is 15.2. The Morgan fingerprint density at radius 3 is 2.27 bits per heavy atom. The van der Waals surface area contributed by atoms with Crippen molar-refractivity contribution in [1.82, 2.24) is 4.90 Å². The van der Waals surface area contributed by atoms with Crippen molar-refractivity contribution in [2.24, 2.45) is 5.41 Å². The van der Waals surface area contributed by atoms with Gasteiger partial charge in [0.15, 0.2) is 0 Å². The van der Waals surface area contributed by atoms with Gasteiger partial charge in [-0.1, -0.05) is 13.8 Å². The molecule has 0 aromatic heterocycles. The third-order valence-corrected chi connectivity index (χ3v) is 3.87. The molecule has 2 rings (SSSR count). The summed E-state index contributed by atoms with van der Waals surface area (Å²) < 4.78 is 0. The summed E-state index contributed by atoms with van der Waals surface area (Å²) >= 11 is 0. The minimum Gasteiger partial charge on any atom is -0.300 e. The lowest BCUT2D eigenvalue weighted by molar-refractivity contribution is 0.273. The minimum atomic E-state index is 0.630. The average Bonchev–Trinajstić information content (AvgIpc) is 2.64. The van der Waals surface area contributed by atoms with E-state index in [9.17, 15) is 0 Å². The van der Waals surface area contributed by atoms with Crippen LogP contribution in [0.5, 0.6) is 0 Å². The Balaban J connectivity index is 2.12. The summed E-state index contributed by atoms with van der Waals surface area (Å²) in [6.07, 6.45) is 5.71. The molecule has 1 heterocycles. The van der Waals surface area contributed by atoms with Crippen LogP contribution in [0.25, 0.3) is 0 Å². The summed E-state index contributed by atoms with van der Waals surface area (Å²) in [7, 11) is 2.30. The first-order valence-electron chi connectivity index (χ1n) is 4.82. The largest absolute Gasteiger partial charge is 0.300 e. The molecule has 1 nitrogen and oxygen atoms in total. The SMILES string of the molecule is CCC1(C)CN(C)C2(CC2)C1. The summed E-state index contributed by atoms with van der Waals surface area (Å²) in [4.78, 5) is 2.59. The molecule has 0 aromatic rings. The van der Waals surface area contributed by atoms with E-state index in [1.165, 1.54) is 32.2 Å². The fourth-order valence-electron chi connectivity index (χ4n) is 2.67. The first kappa shape index (κ1) is 7.60. The third-order valence-electron chi connectivity index (χ3n) is 3.87. The van der Waals surface area contributed by atoms with Crippen molar-refractivity contribution >= 4 is 0 Å². The standard InChI is InChI=1S/C10H19N/c1-4-9(2)7-10(5-6-10)11(3)8-9/h4-8H2,1-3H3. The van der Waals surface area contributed by atoms with Crippen molar-refractivity contribution in [2.75, 3.05) is 13.6 Å².